The molecule has 0 bridgehead atoms. The van der Waals surface area contributed by atoms with Gasteiger partial charge in [-0.3, -0.25) is 0 Å². The zero-order valence-corrected chi connectivity index (χ0v) is 12.1. The number of aryl methyl sites for hydroxylation is 1. The van der Waals surface area contributed by atoms with E-state index in [9.17, 15) is 0 Å². The molecule has 92 valence electrons. The van der Waals surface area contributed by atoms with Crippen LogP contribution in [-0.4, -0.2) is 7.11 Å². The fourth-order valence-corrected chi connectivity index (χ4v) is 2.31. The van der Waals surface area contributed by atoms with Crippen molar-refractivity contribution < 1.29 is 4.74 Å². The number of halogens is 1. The van der Waals surface area contributed by atoms with Crippen molar-refractivity contribution in [1.29, 1.82) is 0 Å². The number of ether oxygens (including phenoxy) is 1. The molecule has 0 N–H and O–H groups in total. The summed E-state index contributed by atoms with van der Waals surface area (Å²) in [5, 5.41) is 0. The number of hydrogen-bond acceptors (Lipinski definition) is 1. The predicted octanol–water partition coefficient (Wildman–Crippen LogP) is 4.83. The summed E-state index contributed by atoms with van der Waals surface area (Å²) in [6, 6.07) is 14.3. The lowest BCUT2D eigenvalue weighted by atomic mass is 9.98. The summed E-state index contributed by atoms with van der Waals surface area (Å²) < 4.78 is 6.33. The van der Waals surface area contributed by atoms with Gasteiger partial charge in [-0.1, -0.05) is 40.7 Å². The monoisotopic (exact) mass is 302 g/mol. The van der Waals surface area contributed by atoms with Crippen LogP contribution < -0.4 is 4.74 Å². The molecule has 0 saturated carbocycles. The molecule has 0 aliphatic carbocycles. The quantitative estimate of drug-likeness (QED) is 0.789. The van der Waals surface area contributed by atoms with Crippen molar-refractivity contribution >= 4 is 21.5 Å². The predicted molar refractivity (Wildman–Crippen MR) is 80.0 cm³/mol. The molecule has 1 nitrogen and oxygen atoms in total. The Labute approximate surface area is 116 Å². The minimum atomic E-state index is 0.904. The van der Waals surface area contributed by atoms with Crippen molar-refractivity contribution in [3.63, 3.8) is 0 Å². The third kappa shape index (κ3) is 2.65. The molecule has 0 spiro atoms. The van der Waals surface area contributed by atoms with Crippen molar-refractivity contribution in [2.45, 2.75) is 6.92 Å². The van der Waals surface area contributed by atoms with Gasteiger partial charge in [0.15, 0.2) is 0 Å². The van der Waals surface area contributed by atoms with E-state index in [1.807, 2.05) is 31.2 Å². The molecule has 2 aromatic carbocycles. The Balaban J connectivity index is 2.37. The van der Waals surface area contributed by atoms with Crippen molar-refractivity contribution in [3.8, 4) is 5.75 Å². The highest BCUT2D eigenvalue weighted by molar-refractivity contribution is 9.10. The first-order chi connectivity index (χ1) is 8.61. The second kappa shape index (κ2) is 5.40. The van der Waals surface area contributed by atoms with Gasteiger partial charge in [-0.05, 0) is 53.5 Å². The van der Waals surface area contributed by atoms with Crippen molar-refractivity contribution in [2.24, 2.45) is 0 Å². The van der Waals surface area contributed by atoms with Crippen LogP contribution in [-0.2, 0) is 0 Å². The maximum absolute atomic E-state index is 5.27. The minimum Gasteiger partial charge on any atom is -0.496 e. The third-order valence-electron chi connectivity index (χ3n) is 2.92. The highest BCUT2D eigenvalue weighted by atomic mass is 79.9. The van der Waals surface area contributed by atoms with Crippen LogP contribution in [0, 0.1) is 6.92 Å². The molecule has 0 atom stereocenters. The van der Waals surface area contributed by atoms with E-state index < -0.39 is 0 Å². The van der Waals surface area contributed by atoms with Gasteiger partial charge in [0.05, 0.1) is 7.11 Å². The third-order valence-corrected chi connectivity index (χ3v) is 3.41. The van der Waals surface area contributed by atoms with Crippen LogP contribution in [0.1, 0.15) is 16.7 Å². The van der Waals surface area contributed by atoms with Crippen molar-refractivity contribution in [1.82, 2.24) is 0 Å². The Bertz CT molecular complexity index is 587. The first-order valence-electron chi connectivity index (χ1n) is 5.71. The molecule has 0 saturated heterocycles. The maximum atomic E-state index is 5.27. The van der Waals surface area contributed by atoms with E-state index in [1.165, 1.54) is 0 Å². The summed E-state index contributed by atoms with van der Waals surface area (Å²) in [6.07, 6.45) is 0. The lowest BCUT2D eigenvalue weighted by Crippen LogP contribution is -1.91. The van der Waals surface area contributed by atoms with E-state index in [0.717, 1.165) is 32.5 Å². The summed E-state index contributed by atoms with van der Waals surface area (Å²) >= 11 is 3.48. The Hall–Kier alpha value is -1.54. The topological polar surface area (TPSA) is 9.23 Å². The molecule has 0 aromatic heterocycles. The first-order valence-corrected chi connectivity index (χ1v) is 6.51. The van der Waals surface area contributed by atoms with E-state index in [0.29, 0.717) is 0 Å². The molecule has 0 aliphatic heterocycles. The second-order valence-electron chi connectivity index (χ2n) is 4.17. The number of rotatable bonds is 3. The first kappa shape index (κ1) is 12.9. The molecule has 2 rings (SSSR count). The summed E-state index contributed by atoms with van der Waals surface area (Å²) in [4.78, 5) is 0. The Morgan fingerprint density at radius 3 is 2.44 bits per heavy atom. The molecule has 0 heterocycles. The van der Waals surface area contributed by atoms with Crippen molar-refractivity contribution in [3.05, 3.63) is 70.2 Å². The highest BCUT2D eigenvalue weighted by Gasteiger charge is 2.05. The summed E-state index contributed by atoms with van der Waals surface area (Å²) in [5.41, 5.74) is 4.37. The lowest BCUT2D eigenvalue weighted by molar-refractivity contribution is 0.411. The molecular weight excluding hydrogens is 288 g/mol. The van der Waals surface area contributed by atoms with Gasteiger partial charge >= 0.3 is 0 Å². The van der Waals surface area contributed by atoms with Gasteiger partial charge in [-0.25, -0.2) is 0 Å². The van der Waals surface area contributed by atoms with Gasteiger partial charge in [0, 0.05) is 4.47 Å². The van der Waals surface area contributed by atoms with E-state index in [1.54, 1.807) is 7.11 Å². The van der Waals surface area contributed by atoms with E-state index >= 15 is 0 Å². The normalized spacial score (nSPS) is 10.2. The number of hydrogen-bond donors (Lipinski definition) is 0. The van der Waals surface area contributed by atoms with E-state index in [2.05, 4.69) is 40.7 Å². The van der Waals surface area contributed by atoms with Gasteiger partial charge in [0.25, 0.3) is 0 Å². The zero-order chi connectivity index (χ0) is 13.1. The average molecular weight is 303 g/mol. The molecule has 18 heavy (non-hydrogen) atoms. The van der Waals surface area contributed by atoms with Gasteiger partial charge in [0.1, 0.15) is 5.75 Å². The van der Waals surface area contributed by atoms with Crippen LogP contribution in [0.4, 0.5) is 0 Å². The molecule has 0 amide bonds. The Morgan fingerprint density at radius 2 is 1.83 bits per heavy atom. The van der Waals surface area contributed by atoms with Crippen LogP contribution in [0.2, 0.25) is 0 Å². The highest BCUT2D eigenvalue weighted by Crippen LogP contribution is 2.27. The van der Waals surface area contributed by atoms with Gasteiger partial charge in [0.2, 0.25) is 0 Å². The van der Waals surface area contributed by atoms with E-state index in [-0.39, 0.29) is 0 Å². The van der Waals surface area contributed by atoms with Crippen LogP contribution >= 0.6 is 15.9 Å². The summed E-state index contributed by atoms with van der Waals surface area (Å²) in [6.45, 7) is 6.21. The van der Waals surface area contributed by atoms with Crippen LogP contribution in [0.25, 0.3) is 5.57 Å². The fourth-order valence-electron chi connectivity index (χ4n) is 1.91. The lowest BCUT2D eigenvalue weighted by Gasteiger charge is -2.10. The smallest absolute Gasteiger partial charge is 0.121 e. The summed E-state index contributed by atoms with van der Waals surface area (Å²) in [5.74, 6) is 0.904. The van der Waals surface area contributed by atoms with Gasteiger partial charge in [-0.15, -0.1) is 0 Å². The maximum Gasteiger partial charge on any atom is 0.121 e. The zero-order valence-electron chi connectivity index (χ0n) is 10.5. The van der Waals surface area contributed by atoms with Crippen LogP contribution in [0.3, 0.4) is 0 Å². The molecule has 2 aromatic rings. The standard InChI is InChI=1S/C16H15BrO/c1-11-9-14(7-8-16(11)18-3)12(2)13-5-4-6-15(17)10-13/h4-10H,2H2,1,3H3. The second-order valence-corrected chi connectivity index (χ2v) is 5.09. The summed E-state index contributed by atoms with van der Waals surface area (Å²) in [7, 11) is 1.69. The van der Waals surface area contributed by atoms with Gasteiger partial charge in [-0.2, -0.15) is 0 Å². The van der Waals surface area contributed by atoms with Crippen molar-refractivity contribution in [2.75, 3.05) is 7.11 Å². The van der Waals surface area contributed by atoms with E-state index in [4.69, 9.17) is 4.74 Å². The fraction of sp³-hybridized carbons (Fsp3) is 0.125. The largest absolute Gasteiger partial charge is 0.496 e. The average Bonchev–Trinajstić information content (AvgIpc) is 2.37. The van der Waals surface area contributed by atoms with Crippen LogP contribution in [0.5, 0.6) is 5.75 Å². The minimum absolute atomic E-state index is 0.904. The molecule has 0 fully saturated rings. The molecule has 2 heteroatoms. The SMILES string of the molecule is C=C(c1cccc(Br)c1)c1ccc(OC)c(C)c1. The molecular formula is C16H15BrO. The van der Waals surface area contributed by atoms with Crippen LogP contribution in [0.15, 0.2) is 53.5 Å². The Kier molecular flexibility index (Phi) is 3.87. The van der Waals surface area contributed by atoms with Gasteiger partial charge < -0.3 is 4.74 Å². The molecule has 0 aliphatic rings. The molecule has 0 radical (unpaired) electrons. The Morgan fingerprint density at radius 1 is 1.11 bits per heavy atom. The molecule has 0 unspecified atom stereocenters. The number of methoxy groups -OCH3 is 1. The number of benzene rings is 2.